The highest BCUT2D eigenvalue weighted by atomic mass is 35.5. The summed E-state index contributed by atoms with van der Waals surface area (Å²) in [6.45, 7) is 4.44. The number of benzene rings is 1. The first-order chi connectivity index (χ1) is 16.9. The van der Waals surface area contributed by atoms with Gasteiger partial charge in [0.1, 0.15) is 5.82 Å². The van der Waals surface area contributed by atoms with Crippen molar-refractivity contribution in [3.05, 3.63) is 68.3 Å². The zero-order chi connectivity index (χ0) is 24.5. The number of carbonyl (C=O) groups is 1. The molecule has 1 amide bonds. The topological polar surface area (TPSA) is 129 Å². The molecule has 11 heteroatoms. The van der Waals surface area contributed by atoms with Gasteiger partial charge < -0.3 is 15.5 Å². The second-order valence-corrected chi connectivity index (χ2v) is 9.75. The molecular formula is C24H28ClN9O. The van der Waals surface area contributed by atoms with Gasteiger partial charge in [0.05, 0.1) is 18.3 Å². The SMILES string of the molecule is Cc1cn2nc([C@H]3CCCCN3C(=O)c3cc(Cl)ccc3CN=[N+]=[N-])cc2nc1N1CC[C@H](N)C1. The molecule has 2 aromatic heterocycles. The van der Waals surface area contributed by atoms with E-state index in [2.05, 4.69) is 14.9 Å². The first kappa shape index (κ1) is 23.4. The van der Waals surface area contributed by atoms with Crippen molar-refractivity contribution in [1.82, 2.24) is 19.5 Å². The lowest BCUT2D eigenvalue weighted by Gasteiger charge is -2.35. The van der Waals surface area contributed by atoms with E-state index in [0.29, 0.717) is 22.7 Å². The summed E-state index contributed by atoms with van der Waals surface area (Å²) in [5.41, 5.74) is 18.6. The molecule has 5 rings (SSSR count). The van der Waals surface area contributed by atoms with Crippen molar-refractivity contribution >= 4 is 29.0 Å². The number of halogens is 1. The number of amides is 1. The van der Waals surface area contributed by atoms with E-state index >= 15 is 0 Å². The molecule has 0 bridgehead atoms. The van der Waals surface area contributed by atoms with Gasteiger partial charge in [-0.1, -0.05) is 22.8 Å². The molecule has 0 radical (unpaired) electrons. The second-order valence-electron chi connectivity index (χ2n) is 9.31. The molecule has 2 fully saturated rings. The van der Waals surface area contributed by atoms with Crippen LogP contribution in [0.1, 0.15) is 58.9 Å². The van der Waals surface area contributed by atoms with Gasteiger partial charge in [-0.2, -0.15) is 5.10 Å². The zero-order valence-electron chi connectivity index (χ0n) is 19.6. The molecule has 2 N–H and O–H groups in total. The smallest absolute Gasteiger partial charge is 0.254 e. The average Bonchev–Trinajstić information content (AvgIpc) is 3.47. The predicted octanol–water partition coefficient (Wildman–Crippen LogP) is 4.41. The van der Waals surface area contributed by atoms with E-state index in [9.17, 15) is 4.79 Å². The molecular weight excluding hydrogens is 466 g/mol. The number of piperidine rings is 1. The number of hydrogen-bond acceptors (Lipinski definition) is 6. The molecule has 182 valence electrons. The molecule has 0 unspecified atom stereocenters. The van der Waals surface area contributed by atoms with Crippen LogP contribution in [-0.2, 0) is 6.54 Å². The number of nitrogens with two attached hydrogens (primary N) is 1. The van der Waals surface area contributed by atoms with Gasteiger partial charge in [0.25, 0.3) is 5.91 Å². The lowest BCUT2D eigenvalue weighted by atomic mass is 9.97. The first-order valence-corrected chi connectivity index (χ1v) is 12.3. The van der Waals surface area contributed by atoms with Gasteiger partial charge in [-0.3, -0.25) is 4.79 Å². The van der Waals surface area contributed by atoms with Gasteiger partial charge in [0, 0.05) is 59.0 Å². The van der Waals surface area contributed by atoms with Crippen LogP contribution in [0.25, 0.3) is 16.1 Å². The fourth-order valence-corrected chi connectivity index (χ4v) is 5.28. The molecule has 2 aliphatic heterocycles. The largest absolute Gasteiger partial charge is 0.355 e. The van der Waals surface area contributed by atoms with E-state index in [-0.39, 0.29) is 24.5 Å². The Balaban J connectivity index is 1.48. The van der Waals surface area contributed by atoms with Crippen molar-refractivity contribution in [2.75, 3.05) is 24.5 Å². The third kappa shape index (κ3) is 4.65. The number of anilines is 1. The number of aryl methyl sites for hydroxylation is 1. The van der Waals surface area contributed by atoms with Crippen molar-refractivity contribution in [1.29, 1.82) is 0 Å². The third-order valence-electron chi connectivity index (χ3n) is 6.86. The Labute approximate surface area is 208 Å². The molecule has 0 aliphatic carbocycles. The maximum absolute atomic E-state index is 13.7. The van der Waals surface area contributed by atoms with Gasteiger partial charge >= 0.3 is 0 Å². The highest BCUT2D eigenvalue weighted by Gasteiger charge is 2.32. The summed E-state index contributed by atoms with van der Waals surface area (Å²) >= 11 is 6.22. The maximum Gasteiger partial charge on any atom is 0.254 e. The number of hydrogen-bond donors (Lipinski definition) is 1. The van der Waals surface area contributed by atoms with Crippen molar-refractivity contribution in [3.63, 3.8) is 0 Å². The number of rotatable bonds is 5. The zero-order valence-corrected chi connectivity index (χ0v) is 20.4. The number of fused-ring (bicyclic) bond motifs is 1. The summed E-state index contributed by atoms with van der Waals surface area (Å²) in [5, 5.41) is 8.94. The van der Waals surface area contributed by atoms with Crippen LogP contribution in [-0.4, -0.2) is 51.1 Å². The highest BCUT2D eigenvalue weighted by Crippen LogP contribution is 2.33. The van der Waals surface area contributed by atoms with Crippen LogP contribution in [0, 0.1) is 6.92 Å². The second kappa shape index (κ2) is 9.73. The molecule has 4 heterocycles. The number of nitrogens with zero attached hydrogens (tertiary/aromatic N) is 8. The molecule has 10 nitrogen and oxygen atoms in total. The van der Waals surface area contributed by atoms with Gasteiger partial charge in [0.15, 0.2) is 5.65 Å². The van der Waals surface area contributed by atoms with Crippen molar-refractivity contribution in [2.45, 2.75) is 51.2 Å². The Bertz CT molecular complexity index is 1320. The highest BCUT2D eigenvalue weighted by molar-refractivity contribution is 6.31. The normalized spacial score (nSPS) is 20.3. The number of likely N-dealkylation sites (tertiary alicyclic amines) is 1. The minimum atomic E-state index is -0.173. The molecule has 2 saturated heterocycles. The Kier molecular flexibility index (Phi) is 6.51. The Morgan fingerprint density at radius 2 is 2.14 bits per heavy atom. The van der Waals surface area contributed by atoms with E-state index < -0.39 is 0 Å². The van der Waals surface area contributed by atoms with E-state index in [1.165, 1.54) is 0 Å². The van der Waals surface area contributed by atoms with Crippen LogP contribution < -0.4 is 10.6 Å². The molecule has 1 aromatic carbocycles. The van der Waals surface area contributed by atoms with Gasteiger partial charge in [-0.25, -0.2) is 9.50 Å². The van der Waals surface area contributed by atoms with E-state index in [0.717, 1.165) is 61.5 Å². The predicted molar refractivity (Wildman–Crippen MR) is 134 cm³/mol. The Morgan fingerprint density at radius 3 is 2.91 bits per heavy atom. The Morgan fingerprint density at radius 1 is 1.29 bits per heavy atom. The maximum atomic E-state index is 13.7. The van der Waals surface area contributed by atoms with Crippen LogP contribution in [0.2, 0.25) is 5.02 Å². The first-order valence-electron chi connectivity index (χ1n) is 11.9. The third-order valence-corrected chi connectivity index (χ3v) is 7.10. The van der Waals surface area contributed by atoms with Crippen LogP contribution in [0.3, 0.4) is 0 Å². The summed E-state index contributed by atoms with van der Waals surface area (Å²) in [7, 11) is 0. The quantitative estimate of drug-likeness (QED) is 0.320. The lowest BCUT2D eigenvalue weighted by Crippen LogP contribution is -2.39. The van der Waals surface area contributed by atoms with E-state index in [4.69, 9.17) is 32.9 Å². The lowest BCUT2D eigenvalue weighted by molar-refractivity contribution is 0.0604. The molecule has 3 aromatic rings. The summed E-state index contributed by atoms with van der Waals surface area (Å²) in [6, 6.07) is 7.08. The molecule has 2 aliphatic rings. The minimum Gasteiger partial charge on any atom is -0.355 e. The number of aromatic nitrogens is 3. The van der Waals surface area contributed by atoms with Crippen molar-refractivity contribution in [2.24, 2.45) is 10.8 Å². The minimum absolute atomic E-state index is 0.0910. The van der Waals surface area contributed by atoms with Gasteiger partial charge in [-0.15, -0.1) is 0 Å². The van der Waals surface area contributed by atoms with Crippen LogP contribution >= 0.6 is 11.6 Å². The van der Waals surface area contributed by atoms with Crippen LogP contribution in [0.4, 0.5) is 5.82 Å². The number of azide groups is 1. The van der Waals surface area contributed by atoms with Gasteiger partial charge in [-0.05, 0) is 55.8 Å². The standard InChI is InChI=1S/C24H28ClN9O/c1-15-13-34-22(29-23(15)32-9-7-18(26)14-32)11-20(30-34)21-4-2-3-8-33(21)24(35)19-10-17(25)6-5-16(19)12-28-31-27/h5-6,10-11,13,18,21H,2-4,7-9,12,14,26H2,1H3/t18-,21+/m0/s1. The molecule has 2 atom stereocenters. The summed E-state index contributed by atoms with van der Waals surface area (Å²) in [5.74, 6) is 0.809. The van der Waals surface area contributed by atoms with Crippen molar-refractivity contribution < 1.29 is 4.79 Å². The summed E-state index contributed by atoms with van der Waals surface area (Å²) in [6.07, 6.45) is 5.69. The van der Waals surface area contributed by atoms with E-state index in [1.807, 2.05) is 24.1 Å². The van der Waals surface area contributed by atoms with Crippen molar-refractivity contribution in [3.8, 4) is 0 Å². The monoisotopic (exact) mass is 493 g/mol. The Hall–Kier alpha value is -3.33. The van der Waals surface area contributed by atoms with Crippen LogP contribution in [0.5, 0.6) is 0 Å². The molecule has 35 heavy (non-hydrogen) atoms. The summed E-state index contributed by atoms with van der Waals surface area (Å²) in [4.78, 5) is 25.5. The number of carbonyl (C=O) groups excluding carboxylic acids is 1. The van der Waals surface area contributed by atoms with Gasteiger partial charge in [0.2, 0.25) is 0 Å². The molecule has 0 saturated carbocycles. The fourth-order valence-electron chi connectivity index (χ4n) is 5.11. The summed E-state index contributed by atoms with van der Waals surface area (Å²) < 4.78 is 1.80. The molecule has 0 spiro atoms. The average molecular weight is 494 g/mol. The van der Waals surface area contributed by atoms with E-state index in [1.54, 1.807) is 22.7 Å². The van der Waals surface area contributed by atoms with Crippen LogP contribution in [0.15, 0.2) is 35.6 Å². The fraction of sp³-hybridized carbons (Fsp3) is 0.458.